The fourth-order valence-electron chi connectivity index (χ4n) is 2.36. The number of benzene rings is 1. The summed E-state index contributed by atoms with van der Waals surface area (Å²) in [7, 11) is 0. The zero-order valence-corrected chi connectivity index (χ0v) is 12.1. The Morgan fingerprint density at radius 3 is 2.60 bits per heavy atom. The lowest BCUT2D eigenvalue weighted by molar-refractivity contribution is 0.0133. The van der Waals surface area contributed by atoms with Crippen LogP contribution in [0.25, 0.3) is 0 Å². The van der Waals surface area contributed by atoms with Gasteiger partial charge < -0.3 is 19.8 Å². The minimum atomic E-state index is -1.22. The maximum Gasteiger partial charge on any atom is 0.410 e. The fourth-order valence-corrected chi connectivity index (χ4v) is 2.36. The Balaban J connectivity index is 2.12. The Hall–Kier alpha value is -1.75. The highest BCUT2D eigenvalue weighted by atomic mass is 16.6. The average Bonchev–Trinajstić information content (AvgIpc) is 2.71. The van der Waals surface area contributed by atoms with Crippen LogP contribution in [0.4, 0.5) is 4.79 Å². The quantitative estimate of drug-likeness (QED) is 0.827. The molecule has 0 saturated carbocycles. The Kier molecular flexibility index (Phi) is 3.65. The fraction of sp³-hybridized carbons (Fsp3) is 0.533. The monoisotopic (exact) mass is 279 g/mol. The summed E-state index contributed by atoms with van der Waals surface area (Å²) in [6.45, 7) is 5.93. The van der Waals surface area contributed by atoms with E-state index in [2.05, 4.69) is 0 Å². The third kappa shape index (κ3) is 3.04. The number of likely N-dealkylation sites (tertiary alicyclic amines) is 1. The maximum absolute atomic E-state index is 12.0. The van der Waals surface area contributed by atoms with Crippen LogP contribution < -0.4 is 0 Å². The number of para-hydroxylation sites is 1. The van der Waals surface area contributed by atoms with E-state index in [4.69, 9.17) is 4.74 Å². The van der Waals surface area contributed by atoms with Gasteiger partial charge >= 0.3 is 6.09 Å². The van der Waals surface area contributed by atoms with E-state index in [9.17, 15) is 15.0 Å². The van der Waals surface area contributed by atoms with Crippen LogP contribution in [0.5, 0.6) is 5.75 Å². The molecule has 5 nitrogen and oxygen atoms in total. The Bertz CT molecular complexity index is 509. The van der Waals surface area contributed by atoms with Gasteiger partial charge in [0.1, 0.15) is 17.0 Å². The van der Waals surface area contributed by atoms with Crippen LogP contribution in [-0.4, -0.2) is 39.9 Å². The number of amides is 1. The molecule has 1 aliphatic heterocycles. The number of hydrogen-bond acceptors (Lipinski definition) is 4. The lowest BCUT2D eigenvalue weighted by Gasteiger charge is -2.27. The molecule has 0 aromatic heterocycles. The van der Waals surface area contributed by atoms with Gasteiger partial charge in [0.05, 0.1) is 6.54 Å². The predicted molar refractivity (Wildman–Crippen MR) is 74.4 cm³/mol. The van der Waals surface area contributed by atoms with Crippen molar-refractivity contribution in [2.24, 2.45) is 0 Å². The van der Waals surface area contributed by atoms with Gasteiger partial charge in [-0.15, -0.1) is 0 Å². The average molecular weight is 279 g/mol. The number of hydrogen-bond donors (Lipinski definition) is 2. The lowest BCUT2D eigenvalue weighted by Crippen LogP contribution is -2.38. The Morgan fingerprint density at radius 1 is 1.35 bits per heavy atom. The highest BCUT2D eigenvalue weighted by Gasteiger charge is 2.42. The second kappa shape index (κ2) is 4.98. The minimum absolute atomic E-state index is 0.0426. The topological polar surface area (TPSA) is 70.0 Å². The smallest absolute Gasteiger partial charge is 0.410 e. The van der Waals surface area contributed by atoms with Gasteiger partial charge in [-0.2, -0.15) is 0 Å². The van der Waals surface area contributed by atoms with E-state index in [-0.39, 0.29) is 12.3 Å². The molecule has 1 saturated heterocycles. The number of ether oxygens (including phenoxy) is 1. The molecule has 20 heavy (non-hydrogen) atoms. The second-order valence-corrected chi connectivity index (χ2v) is 6.20. The standard InChI is InChI=1S/C15H21NO4/c1-14(2,3)20-13(18)16-9-8-15(19,10-16)11-6-4-5-7-12(11)17/h4-7,17,19H,8-10H2,1-3H3. The number of aromatic hydroxyl groups is 1. The summed E-state index contributed by atoms with van der Waals surface area (Å²) >= 11 is 0. The molecule has 1 fully saturated rings. The van der Waals surface area contributed by atoms with Gasteiger partial charge in [-0.25, -0.2) is 4.79 Å². The van der Waals surface area contributed by atoms with Crippen molar-refractivity contribution in [1.82, 2.24) is 4.90 Å². The van der Waals surface area contributed by atoms with Crippen molar-refractivity contribution in [1.29, 1.82) is 0 Å². The van der Waals surface area contributed by atoms with Crippen molar-refractivity contribution in [2.45, 2.75) is 38.4 Å². The molecule has 1 heterocycles. The third-order valence-electron chi connectivity index (χ3n) is 3.30. The number of carbonyl (C=O) groups is 1. The van der Waals surface area contributed by atoms with Crippen molar-refractivity contribution in [3.05, 3.63) is 29.8 Å². The van der Waals surface area contributed by atoms with Gasteiger partial charge in [0.15, 0.2) is 0 Å². The van der Waals surface area contributed by atoms with Crippen LogP contribution in [0, 0.1) is 0 Å². The SMILES string of the molecule is CC(C)(C)OC(=O)N1CCC(O)(c2ccccc2O)C1. The Labute approximate surface area is 118 Å². The van der Waals surface area contributed by atoms with Crippen molar-refractivity contribution in [2.75, 3.05) is 13.1 Å². The van der Waals surface area contributed by atoms with Crippen molar-refractivity contribution >= 4 is 6.09 Å². The summed E-state index contributed by atoms with van der Waals surface area (Å²) in [4.78, 5) is 13.5. The summed E-state index contributed by atoms with van der Waals surface area (Å²) in [5.41, 5.74) is -1.33. The molecule has 1 aromatic carbocycles. The molecule has 2 N–H and O–H groups in total. The molecule has 0 aliphatic carbocycles. The third-order valence-corrected chi connectivity index (χ3v) is 3.30. The summed E-state index contributed by atoms with van der Waals surface area (Å²) in [5.74, 6) is 0.0426. The van der Waals surface area contributed by atoms with Crippen molar-refractivity contribution < 1.29 is 19.7 Å². The van der Waals surface area contributed by atoms with Crippen molar-refractivity contribution in [3.63, 3.8) is 0 Å². The predicted octanol–water partition coefficient (Wildman–Crippen LogP) is 2.22. The maximum atomic E-state index is 12.0. The number of β-amino-alcohol motifs (C(OH)–C–C–N with tert-alkyl or cyclic N) is 1. The summed E-state index contributed by atoms with van der Waals surface area (Å²) in [6.07, 6.45) is -0.0621. The molecule has 0 bridgehead atoms. The molecular weight excluding hydrogens is 258 g/mol. The molecule has 5 heteroatoms. The van der Waals surface area contributed by atoms with E-state index in [1.807, 2.05) is 0 Å². The molecular formula is C15H21NO4. The Morgan fingerprint density at radius 2 is 2.00 bits per heavy atom. The minimum Gasteiger partial charge on any atom is -0.508 e. The van der Waals surface area contributed by atoms with Crippen LogP contribution in [0.2, 0.25) is 0 Å². The summed E-state index contributed by atoms with van der Waals surface area (Å²) in [5, 5.41) is 20.5. The van der Waals surface area contributed by atoms with E-state index in [1.165, 1.54) is 11.0 Å². The number of aliphatic hydroxyl groups is 1. The van der Waals surface area contributed by atoms with Gasteiger partial charge in [-0.05, 0) is 33.3 Å². The van der Waals surface area contributed by atoms with Crippen LogP contribution in [0.15, 0.2) is 24.3 Å². The largest absolute Gasteiger partial charge is 0.508 e. The molecule has 0 spiro atoms. The van der Waals surface area contributed by atoms with Crippen molar-refractivity contribution in [3.8, 4) is 5.75 Å². The zero-order chi connectivity index (χ0) is 15.0. The lowest BCUT2D eigenvalue weighted by atomic mass is 9.92. The van der Waals surface area contributed by atoms with Gasteiger partial charge in [0.25, 0.3) is 0 Å². The first-order valence-corrected chi connectivity index (χ1v) is 6.70. The number of phenolic OH excluding ortho intramolecular Hbond substituents is 1. The summed E-state index contributed by atoms with van der Waals surface area (Å²) in [6, 6.07) is 6.66. The summed E-state index contributed by atoms with van der Waals surface area (Å²) < 4.78 is 5.29. The van der Waals surface area contributed by atoms with Gasteiger partial charge in [0.2, 0.25) is 0 Å². The number of rotatable bonds is 1. The number of nitrogens with zero attached hydrogens (tertiary/aromatic N) is 1. The first-order chi connectivity index (χ1) is 9.21. The molecule has 1 atom stereocenters. The molecule has 1 unspecified atom stereocenters. The number of carbonyl (C=O) groups excluding carboxylic acids is 1. The van der Waals surface area contributed by atoms with E-state index >= 15 is 0 Å². The molecule has 1 aromatic rings. The van der Waals surface area contributed by atoms with E-state index < -0.39 is 17.3 Å². The van der Waals surface area contributed by atoms with Crippen LogP contribution in [0.3, 0.4) is 0 Å². The first kappa shape index (κ1) is 14.7. The van der Waals surface area contributed by atoms with Gasteiger partial charge in [0, 0.05) is 12.1 Å². The van der Waals surface area contributed by atoms with E-state index in [0.29, 0.717) is 18.5 Å². The first-order valence-electron chi connectivity index (χ1n) is 6.70. The second-order valence-electron chi connectivity index (χ2n) is 6.20. The molecule has 0 radical (unpaired) electrons. The molecule has 1 amide bonds. The zero-order valence-electron chi connectivity index (χ0n) is 12.1. The van der Waals surface area contributed by atoms with Crippen LogP contribution >= 0.6 is 0 Å². The molecule has 110 valence electrons. The van der Waals surface area contributed by atoms with E-state index in [0.717, 1.165) is 0 Å². The van der Waals surface area contributed by atoms with Gasteiger partial charge in [-0.1, -0.05) is 18.2 Å². The normalized spacial score (nSPS) is 22.9. The number of phenols is 1. The highest BCUT2D eigenvalue weighted by molar-refractivity contribution is 5.69. The van der Waals surface area contributed by atoms with Gasteiger partial charge in [-0.3, -0.25) is 0 Å². The van der Waals surface area contributed by atoms with Crippen LogP contribution in [0.1, 0.15) is 32.8 Å². The van der Waals surface area contributed by atoms with Crippen LogP contribution in [-0.2, 0) is 10.3 Å². The van der Waals surface area contributed by atoms with E-state index in [1.54, 1.807) is 39.0 Å². The molecule has 1 aliphatic rings. The molecule has 2 rings (SSSR count). The highest BCUT2D eigenvalue weighted by Crippen LogP contribution is 2.37.